The maximum atomic E-state index is 5.62. The molecule has 1 unspecified atom stereocenters. The summed E-state index contributed by atoms with van der Waals surface area (Å²) in [6.45, 7) is 6.53. The number of furan rings is 1. The molecule has 0 fully saturated rings. The molecule has 0 amide bonds. The molecule has 1 heterocycles. The maximum absolute atomic E-state index is 5.62. The molecule has 0 radical (unpaired) electrons. The number of benzene rings is 1. The zero-order valence-corrected chi connectivity index (χ0v) is 13.5. The first-order chi connectivity index (χ1) is 9.98. The summed E-state index contributed by atoms with van der Waals surface area (Å²) in [4.78, 5) is 2.23. The molecule has 0 aliphatic rings. The minimum absolute atomic E-state index is 0.0997. The van der Waals surface area contributed by atoms with Crippen LogP contribution in [0.15, 0.2) is 53.1 Å². The fraction of sp³-hybridized carbons (Fsp3) is 0.444. The lowest BCUT2D eigenvalue weighted by molar-refractivity contribution is 0.226. The van der Waals surface area contributed by atoms with E-state index in [0.717, 1.165) is 18.8 Å². The topological polar surface area (TPSA) is 28.4 Å². The summed E-state index contributed by atoms with van der Waals surface area (Å²) in [5.41, 5.74) is 1.43. The molecule has 1 N–H and O–H groups in total. The van der Waals surface area contributed by atoms with E-state index in [-0.39, 0.29) is 11.5 Å². The minimum Gasteiger partial charge on any atom is -0.467 e. The second-order valence-electron chi connectivity index (χ2n) is 6.64. The maximum Gasteiger partial charge on any atom is 0.125 e. The molecule has 0 aliphatic heterocycles. The van der Waals surface area contributed by atoms with E-state index >= 15 is 0 Å². The standard InChI is InChI=1S/C18H26N2O/c1-18(2,14-20(3)4)13-19-17(16-11-8-12-21-16)15-9-6-5-7-10-15/h5-12,17,19H,13-14H2,1-4H3. The molecule has 2 rings (SSSR count). The van der Waals surface area contributed by atoms with E-state index in [0.29, 0.717) is 0 Å². The van der Waals surface area contributed by atoms with Gasteiger partial charge in [-0.1, -0.05) is 44.2 Å². The van der Waals surface area contributed by atoms with E-state index < -0.39 is 0 Å². The largest absolute Gasteiger partial charge is 0.467 e. The molecule has 114 valence electrons. The lowest BCUT2D eigenvalue weighted by Crippen LogP contribution is -2.39. The third kappa shape index (κ3) is 4.73. The molecule has 3 heteroatoms. The van der Waals surface area contributed by atoms with Crippen LogP contribution in [0.25, 0.3) is 0 Å². The zero-order valence-electron chi connectivity index (χ0n) is 13.5. The minimum atomic E-state index is 0.0997. The summed E-state index contributed by atoms with van der Waals surface area (Å²) in [6.07, 6.45) is 1.73. The van der Waals surface area contributed by atoms with Crippen molar-refractivity contribution in [1.29, 1.82) is 0 Å². The van der Waals surface area contributed by atoms with E-state index in [1.54, 1.807) is 6.26 Å². The van der Waals surface area contributed by atoms with Crippen LogP contribution in [-0.2, 0) is 0 Å². The Kier molecular flexibility index (Phi) is 5.21. The van der Waals surface area contributed by atoms with E-state index in [1.807, 2.05) is 18.2 Å². The van der Waals surface area contributed by atoms with Gasteiger partial charge in [-0.2, -0.15) is 0 Å². The van der Waals surface area contributed by atoms with Gasteiger partial charge in [0, 0.05) is 13.1 Å². The van der Waals surface area contributed by atoms with Crippen molar-refractivity contribution in [3.05, 3.63) is 60.1 Å². The van der Waals surface area contributed by atoms with Gasteiger partial charge in [-0.3, -0.25) is 0 Å². The van der Waals surface area contributed by atoms with Crippen LogP contribution in [0.3, 0.4) is 0 Å². The Balaban J connectivity index is 2.11. The molecule has 1 aromatic heterocycles. The molecule has 3 nitrogen and oxygen atoms in total. The van der Waals surface area contributed by atoms with Crippen molar-refractivity contribution in [3.63, 3.8) is 0 Å². The number of nitrogens with zero attached hydrogens (tertiary/aromatic N) is 1. The molecule has 0 saturated carbocycles. The van der Waals surface area contributed by atoms with Gasteiger partial charge in [-0.05, 0) is 37.2 Å². The highest BCUT2D eigenvalue weighted by atomic mass is 16.3. The van der Waals surface area contributed by atoms with Crippen LogP contribution in [0.2, 0.25) is 0 Å². The second kappa shape index (κ2) is 6.92. The summed E-state index contributed by atoms with van der Waals surface area (Å²) in [5, 5.41) is 3.66. The summed E-state index contributed by atoms with van der Waals surface area (Å²) in [7, 11) is 4.23. The predicted molar refractivity (Wildman–Crippen MR) is 87.3 cm³/mol. The highest BCUT2D eigenvalue weighted by Crippen LogP contribution is 2.24. The van der Waals surface area contributed by atoms with E-state index in [4.69, 9.17) is 4.42 Å². The fourth-order valence-electron chi connectivity index (χ4n) is 2.77. The van der Waals surface area contributed by atoms with Crippen LogP contribution in [0.4, 0.5) is 0 Å². The van der Waals surface area contributed by atoms with Gasteiger partial charge in [-0.25, -0.2) is 0 Å². The first-order valence-corrected chi connectivity index (χ1v) is 7.44. The lowest BCUT2D eigenvalue weighted by Gasteiger charge is -2.30. The molecule has 2 aromatic rings. The lowest BCUT2D eigenvalue weighted by atomic mass is 9.92. The summed E-state index contributed by atoms with van der Waals surface area (Å²) in [6, 6.07) is 14.5. The van der Waals surface area contributed by atoms with Crippen LogP contribution in [-0.4, -0.2) is 32.1 Å². The van der Waals surface area contributed by atoms with Crippen molar-refractivity contribution in [2.75, 3.05) is 27.2 Å². The van der Waals surface area contributed by atoms with Crippen LogP contribution >= 0.6 is 0 Å². The van der Waals surface area contributed by atoms with Gasteiger partial charge in [0.15, 0.2) is 0 Å². The van der Waals surface area contributed by atoms with Gasteiger partial charge in [0.05, 0.1) is 12.3 Å². The van der Waals surface area contributed by atoms with E-state index in [9.17, 15) is 0 Å². The van der Waals surface area contributed by atoms with Crippen LogP contribution < -0.4 is 5.32 Å². The van der Waals surface area contributed by atoms with Gasteiger partial charge in [-0.15, -0.1) is 0 Å². The average Bonchev–Trinajstić information content (AvgIpc) is 2.92. The fourth-order valence-corrected chi connectivity index (χ4v) is 2.77. The molecular formula is C18H26N2O. The summed E-state index contributed by atoms with van der Waals surface area (Å²) >= 11 is 0. The number of hydrogen-bond donors (Lipinski definition) is 1. The predicted octanol–water partition coefficient (Wildman–Crippen LogP) is 3.55. The molecule has 0 bridgehead atoms. The highest BCUT2D eigenvalue weighted by Gasteiger charge is 2.23. The Morgan fingerprint density at radius 1 is 1.10 bits per heavy atom. The van der Waals surface area contributed by atoms with Gasteiger partial charge in [0.2, 0.25) is 0 Å². The molecule has 0 aliphatic carbocycles. The normalized spacial score (nSPS) is 13.6. The van der Waals surface area contributed by atoms with E-state index in [1.165, 1.54) is 5.56 Å². The third-order valence-corrected chi connectivity index (χ3v) is 3.49. The number of hydrogen-bond acceptors (Lipinski definition) is 3. The Morgan fingerprint density at radius 2 is 1.81 bits per heavy atom. The van der Waals surface area contributed by atoms with Gasteiger partial charge in [0.1, 0.15) is 5.76 Å². The van der Waals surface area contributed by atoms with Crippen molar-refractivity contribution >= 4 is 0 Å². The molecule has 21 heavy (non-hydrogen) atoms. The Bertz CT molecular complexity index is 517. The smallest absolute Gasteiger partial charge is 0.125 e. The van der Waals surface area contributed by atoms with Crippen molar-refractivity contribution in [2.24, 2.45) is 5.41 Å². The number of rotatable bonds is 7. The Hall–Kier alpha value is -1.58. The molecule has 0 spiro atoms. The number of nitrogens with one attached hydrogen (secondary N) is 1. The van der Waals surface area contributed by atoms with Crippen molar-refractivity contribution < 1.29 is 4.42 Å². The molecule has 1 aromatic carbocycles. The molecular weight excluding hydrogens is 260 g/mol. The van der Waals surface area contributed by atoms with Crippen LogP contribution in [0, 0.1) is 5.41 Å². The van der Waals surface area contributed by atoms with Gasteiger partial charge in [0.25, 0.3) is 0 Å². The summed E-state index contributed by atoms with van der Waals surface area (Å²) in [5.74, 6) is 0.960. The first-order valence-electron chi connectivity index (χ1n) is 7.44. The average molecular weight is 286 g/mol. The highest BCUT2D eigenvalue weighted by molar-refractivity contribution is 5.26. The van der Waals surface area contributed by atoms with Crippen molar-refractivity contribution in [2.45, 2.75) is 19.9 Å². The Morgan fingerprint density at radius 3 is 2.38 bits per heavy atom. The molecule has 0 saturated heterocycles. The van der Waals surface area contributed by atoms with Crippen LogP contribution in [0.5, 0.6) is 0 Å². The third-order valence-electron chi connectivity index (χ3n) is 3.49. The quantitative estimate of drug-likeness (QED) is 0.844. The summed E-state index contributed by atoms with van der Waals surface area (Å²) < 4.78 is 5.62. The second-order valence-corrected chi connectivity index (χ2v) is 6.64. The molecule has 1 atom stereocenters. The van der Waals surface area contributed by atoms with Gasteiger partial charge >= 0.3 is 0 Å². The first kappa shape index (κ1) is 15.8. The van der Waals surface area contributed by atoms with E-state index in [2.05, 4.69) is 62.4 Å². The van der Waals surface area contributed by atoms with Gasteiger partial charge < -0.3 is 14.6 Å². The Labute approximate surface area is 128 Å². The zero-order chi connectivity index (χ0) is 15.3. The van der Waals surface area contributed by atoms with Crippen LogP contribution in [0.1, 0.15) is 31.2 Å². The SMILES string of the molecule is CN(C)CC(C)(C)CNC(c1ccccc1)c1ccco1. The van der Waals surface area contributed by atoms with Crippen molar-refractivity contribution in [1.82, 2.24) is 10.2 Å². The van der Waals surface area contributed by atoms with Crippen molar-refractivity contribution in [3.8, 4) is 0 Å². The monoisotopic (exact) mass is 286 g/mol.